The van der Waals surface area contributed by atoms with Crippen LogP contribution < -0.4 is 10.2 Å². The minimum absolute atomic E-state index is 0.111. The number of hydrogen-bond acceptors (Lipinski definition) is 4. The van der Waals surface area contributed by atoms with E-state index >= 15 is 0 Å². The smallest absolute Gasteiger partial charge is 0.0644 e. The maximum Gasteiger partial charge on any atom is 0.0644 e. The molecular weight excluding hydrogens is 250 g/mol. The van der Waals surface area contributed by atoms with Crippen LogP contribution in [0.15, 0.2) is 18.5 Å². The SMILES string of the molecule is CC(C)OCCN(C)c1cnccc1CNC(C)(C)C. The van der Waals surface area contributed by atoms with E-state index in [1.807, 2.05) is 12.4 Å². The summed E-state index contributed by atoms with van der Waals surface area (Å²) >= 11 is 0. The minimum atomic E-state index is 0.111. The van der Waals surface area contributed by atoms with E-state index in [0.717, 1.165) is 25.4 Å². The van der Waals surface area contributed by atoms with E-state index in [4.69, 9.17) is 4.74 Å². The van der Waals surface area contributed by atoms with Gasteiger partial charge in [0.05, 0.1) is 24.6 Å². The molecule has 0 atom stereocenters. The summed E-state index contributed by atoms with van der Waals surface area (Å²) in [6, 6.07) is 2.08. The van der Waals surface area contributed by atoms with Gasteiger partial charge in [-0.15, -0.1) is 0 Å². The standard InChI is InChI=1S/C16H29N3O/c1-13(2)20-10-9-19(6)15-12-17-8-7-14(15)11-18-16(3,4)5/h7-8,12-13,18H,9-11H2,1-6H3. The van der Waals surface area contributed by atoms with Crippen molar-refractivity contribution in [3.8, 4) is 0 Å². The Hall–Kier alpha value is -1.13. The lowest BCUT2D eigenvalue weighted by Crippen LogP contribution is -2.35. The Morgan fingerprint density at radius 1 is 1.35 bits per heavy atom. The molecule has 0 saturated heterocycles. The zero-order valence-electron chi connectivity index (χ0n) is 13.7. The molecule has 114 valence electrons. The van der Waals surface area contributed by atoms with Crippen LogP contribution in [0.3, 0.4) is 0 Å². The molecule has 0 unspecified atom stereocenters. The number of nitrogens with zero attached hydrogens (tertiary/aromatic N) is 2. The number of nitrogens with one attached hydrogen (secondary N) is 1. The Bertz CT molecular complexity index is 399. The molecule has 1 N–H and O–H groups in total. The van der Waals surface area contributed by atoms with Crippen LogP contribution in [-0.4, -0.2) is 36.8 Å². The van der Waals surface area contributed by atoms with E-state index in [9.17, 15) is 0 Å². The van der Waals surface area contributed by atoms with E-state index in [1.54, 1.807) is 0 Å². The molecule has 0 radical (unpaired) electrons. The van der Waals surface area contributed by atoms with E-state index in [0.29, 0.717) is 0 Å². The van der Waals surface area contributed by atoms with Gasteiger partial charge in [0.25, 0.3) is 0 Å². The van der Waals surface area contributed by atoms with Crippen molar-refractivity contribution >= 4 is 5.69 Å². The van der Waals surface area contributed by atoms with Gasteiger partial charge >= 0.3 is 0 Å². The van der Waals surface area contributed by atoms with Crippen LogP contribution in [0.2, 0.25) is 0 Å². The molecule has 0 fully saturated rings. The predicted octanol–water partition coefficient (Wildman–Crippen LogP) is 2.83. The molecule has 1 rings (SSSR count). The lowest BCUT2D eigenvalue weighted by Gasteiger charge is -2.25. The van der Waals surface area contributed by atoms with Crippen molar-refractivity contribution in [2.24, 2.45) is 0 Å². The molecule has 4 nitrogen and oxygen atoms in total. The van der Waals surface area contributed by atoms with Crippen molar-refractivity contribution in [2.45, 2.75) is 52.8 Å². The van der Waals surface area contributed by atoms with Gasteiger partial charge in [0.1, 0.15) is 0 Å². The van der Waals surface area contributed by atoms with Crippen molar-refractivity contribution in [1.29, 1.82) is 0 Å². The van der Waals surface area contributed by atoms with Gasteiger partial charge in [-0.1, -0.05) is 0 Å². The molecule has 0 bridgehead atoms. The number of aromatic nitrogens is 1. The van der Waals surface area contributed by atoms with Gasteiger partial charge in [0.15, 0.2) is 0 Å². The highest BCUT2D eigenvalue weighted by atomic mass is 16.5. The monoisotopic (exact) mass is 279 g/mol. The third-order valence-electron chi connectivity index (χ3n) is 2.99. The molecular formula is C16H29N3O. The van der Waals surface area contributed by atoms with E-state index in [-0.39, 0.29) is 11.6 Å². The van der Waals surface area contributed by atoms with Crippen molar-refractivity contribution < 1.29 is 4.74 Å². The summed E-state index contributed by atoms with van der Waals surface area (Å²) in [5.41, 5.74) is 2.54. The van der Waals surface area contributed by atoms with Gasteiger partial charge in [-0.3, -0.25) is 4.98 Å². The molecule has 1 aromatic heterocycles. The maximum absolute atomic E-state index is 5.61. The van der Waals surface area contributed by atoms with E-state index in [1.165, 1.54) is 5.56 Å². The average Bonchev–Trinajstić information content (AvgIpc) is 2.35. The summed E-state index contributed by atoms with van der Waals surface area (Å²) in [7, 11) is 2.08. The number of anilines is 1. The highest BCUT2D eigenvalue weighted by Gasteiger charge is 2.12. The quantitative estimate of drug-likeness (QED) is 0.833. The Balaban J connectivity index is 2.64. The van der Waals surface area contributed by atoms with Gasteiger partial charge < -0.3 is 15.0 Å². The molecule has 0 aliphatic carbocycles. The fourth-order valence-corrected chi connectivity index (χ4v) is 1.81. The lowest BCUT2D eigenvalue weighted by atomic mass is 10.1. The summed E-state index contributed by atoms with van der Waals surface area (Å²) < 4.78 is 5.61. The second-order valence-electron chi connectivity index (χ2n) is 6.45. The molecule has 0 aromatic carbocycles. The fraction of sp³-hybridized carbons (Fsp3) is 0.688. The third-order valence-corrected chi connectivity index (χ3v) is 2.99. The minimum Gasteiger partial charge on any atom is -0.377 e. The number of likely N-dealkylation sites (N-methyl/N-ethyl adjacent to an activating group) is 1. The molecule has 0 spiro atoms. The zero-order chi connectivity index (χ0) is 15.2. The van der Waals surface area contributed by atoms with Gasteiger partial charge in [0, 0.05) is 31.9 Å². The molecule has 4 heteroatoms. The maximum atomic E-state index is 5.61. The topological polar surface area (TPSA) is 37.4 Å². The van der Waals surface area contributed by atoms with Crippen LogP contribution in [0.1, 0.15) is 40.2 Å². The van der Waals surface area contributed by atoms with Gasteiger partial charge in [-0.05, 0) is 46.2 Å². The van der Waals surface area contributed by atoms with Crippen molar-refractivity contribution in [3.63, 3.8) is 0 Å². The Morgan fingerprint density at radius 2 is 2.05 bits per heavy atom. The Labute approximate surface area is 123 Å². The first kappa shape index (κ1) is 16.9. The summed E-state index contributed by atoms with van der Waals surface area (Å²) in [6.07, 6.45) is 4.05. The average molecular weight is 279 g/mol. The number of pyridine rings is 1. The zero-order valence-corrected chi connectivity index (χ0v) is 13.7. The van der Waals surface area contributed by atoms with E-state index in [2.05, 4.69) is 62.9 Å². The number of hydrogen-bond donors (Lipinski definition) is 1. The normalized spacial score (nSPS) is 11.9. The highest BCUT2D eigenvalue weighted by Crippen LogP contribution is 2.18. The molecule has 0 aliphatic rings. The first-order valence-corrected chi connectivity index (χ1v) is 7.30. The van der Waals surface area contributed by atoms with Crippen LogP contribution >= 0.6 is 0 Å². The van der Waals surface area contributed by atoms with Crippen molar-refractivity contribution in [3.05, 3.63) is 24.0 Å². The Morgan fingerprint density at radius 3 is 2.65 bits per heavy atom. The van der Waals surface area contributed by atoms with Gasteiger partial charge in [0.2, 0.25) is 0 Å². The molecule has 1 heterocycles. The summed E-state index contributed by atoms with van der Waals surface area (Å²) in [5.74, 6) is 0. The molecule has 0 aliphatic heterocycles. The third kappa shape index (κ3) is 6.35. The first-order chi connectivity index (χ1) is 9.29. The molecule has 1 aromatic rings. The van der Waals surface area contributed by atoms with Gasteiger partial charge in [-0.25, -0.2) is 0 Å². The Kier molecular flexibility index (Phi) is 6.43. The molecule has 0 saturated carbocycles. The van der Waals surface area contributed by atoms with Crippen LogP contribution in [0.4, 0.5) is 5.69 Å². The summed E-state index contributed by atoms with van der Waals surface area (Å²) in [4.78, 5) is 6.45. The fourth-order valence-electron chi connectivity index (χ4n) is 1.81. The molecule has 20 heavy (non-hydrogen) atoms. The predicted molar refractivity (Wildman–Crippen MR) is 85.2 cm³/mol. The second kappa shape index (κ2) is 7.60. The highest BCUT2D eigenvalue weighted by molar-refractivity contribution is 5.51. The van der Waals surface area contributed by atoms with Crippen LogP contribution in [-0.2, 0) is 11.3 Å². The van der Waals surface area contributed by atoms with Crippen molar-refractivity contribution in [2.75, 3.05) is 25.1 Å². The lowest BCUT2D eigenvalue weighted by molar-refractivity contribution is 0.0846. The van der Waals surface area contributed by atoms with E-state index < -0.39 is 0 Å². The van der Waals surface area contributed by atoms with Crippen LogP contribution in [0.25, 0.3) is 0 Å². The number of rotatable bonds is 7. The second-order valence-corrected chi connectivity index (χ2v) is 6.45. The van der Waals surface area contributed by atoms with Crippen molar-refractivity contribution in [1.82, 2.24) is 10.3 Å². The summed E-state index contributed by atoms with van der Waals surface area (Å²) in [6.45, 7) is 13.1. The number of ether oxygens (including phenoxy) is 1. The largest absolute Gasteiger partial charge is 0.377 e. The first-order valence-electron chi connectivity index (χ1n) is 7.30. The van der Waals surface area contributed by atoms with Crippen LogP contribution in [0.5, 0.6) is 0 Å². The summed E-state index contributed by atoms with van der Waals surface area (Å²) in [5, 5.41) is 3.52. The van der Waals surface area contributed by atoms with Gasteiger partial charge in [-0.2, -0.15) is 0 Å². The van der Waals surface area contributed by atoms with Crippen LogP contribution in [0, 0.1) is 0 Å². The molecule has 0 amide bonds.